The Kier molecular flexibility index (Phi) is 8.69. The van der Waals surface area contributed by atoms with Gasteiger partial charge in [0.15, 0.2) is 0 Å². The lowest BCUT2D eigenvalue weighted by Crippen LogP contribution is -2.28. The summed E-state index contributed by atoms with van der Waals surface area (Å²) in [5, 5.41) is 7.55. The van der Waals surface area contributed by atoms with E-state index in [1.165, 1.54) is 97.4 Å². The highest BCUT2D eigenvalue weighted by Crippen LogP contribution is 2.60. The normalized spacial score (nSPS) is 12.7. The van der Waals surface area contributed by atoms with Gasteiger partial charge in [-0.3, -0.25) is 0 Å². The van der Waals surface area contributed by atoms with Crippen LogP contribution >= 0.6 is 11.3 Å². The van der Waals surface area contributed by atoms with E-state index in [9.17, 15) is 0 Å². The molecule has 0 aliphatic heterocycles. The summed E-state index contributed by atoms with van der Waals surface area (Å²) < 4.78 is 2.54. The first-order valence-corrected chi connectivity index (χ1v) is 23.2. The molecule has 0 radical (unpaired) electrons. The lowest BCUT2D eigenvalue weighted by molar-refractivity contribution is 0.768. The zero-order valence-electron chi connectivity index (χ0n) is 35.5. The highest BCUT2D eigenvalue weighted by Gasteiger charge is 2.47. The molecule has 65 heavy (non-hydrogen) atoms. The SMILES string of the molecule is c1ccc(-c2ccc(-c3cc4ccccc4c4ccccc34)cc2N(c2cccc3c2-c2ccccc2C3(c2ccccc2)c2ccccc2)c2cccc3c2sc2ccccc23)cc1. The number of nitrogens with zero attached hydrogens (tertiary/aromatic N) is 1. The quantitative estimate of drug-likeness (QED) is 0.145. The summed E-state index contributed by atoms with van der Waals surface area (Å²) in [4.78, 5) is 2.61. The first-order valence-electron chi connectivity index (χ1n) is 22.4. The van der Waals surface area contributed by atoms with E-state index >= 15 is 0 Å². The van der Waals surface area contributed by atoms with Gasteiger partial charge < -0.3 is 4.90 Å². The molecule has 12 aromatic rings. The Balaban J connectivity index is 1.18. The van der Waals surface area contributed by atoms with Gasteiger partial charge in [-0.05, 0) is 96.4 Å². The third-order valence-electron chi connectivity index (χ3n) is 13.7. The molecule has 1 aliphatic carbocycles. The number of rotatable bonds is 7. The highest BCUT2D eigenvalue weighted by atomic mass is 32.1. The Morgan fingerprint density at radius 3 is 1.69 bits per heavy atom. The summed E-state index contributed by atoms with van der Waals surface area (Å²) in [6, 6.07) is 92.3. The van der Waals surface area contributed by atoms with Gasteiger partial charge in [0.25, 0.3) is 0 Å². The summed E-state index contributed by atoms with van der Waals surface area (Å²) in [6.45, 7) is 0. The van der Waals surface area contributed by atoms with Crippen LogP contribution in [0.1, 0.15) is 22.3 Å². The average molecular weight is 844 g/mol. The van der Waals surface area contributed by atoms with E-state index in [-0.39, 0.29) is 0 Å². The Morgan fingerprint density at radius 1 is 0.323 bits per heavy atom. The van der Waals surface area contributed by atoms with Crippen LogP contribution in [0, 0.1) is 0 Å². The lowest BCUT2D eigenvalue weighted by Gasteiger charge is -2.35. The number of thiophene rings is 1. The van der Waals surface area contributed by atoms with Crippen molar-refractivity contribution in [2.75, 3.05) is 4.90 Å². The molecule has 0 N–H and O–H groups in total. The minimum atomic E-state index is -0.548. The fraction of sp³-hybridized carbons (Fsp3) is 0.0159. The van der Waals surface area contributed by atoms with Crippen molar-refractivity contribution in [3.05, 3.63) is 271 Å². The fourth-order valence-electron chi connectivity index (χ4n) is 11.0. The van der Waals surface area contributed by atoms with Crippen molar-refractivity contribution in [3.63, 3.8) is 0 Å². The molecule has 0 fully saturated rings. The molecule has 2 heteroatoms. The van der Waals surface area contributed by atoms with E-state index in [2.05, 4.69) is 254 Å². The largest absolute Gasteiger partial charge is 0.308 e. The summed E-state index contributed by atoms with van der Waals surface area (Å²) >= 11 is 1.88. The molecule has 0 saturated heterocycles. The molecule has 1 heterocycles. The zero-order valence-corrected chi connectivity index (χ0v) is 36.3. The van der Waals surface area contributed by atoms with Crippen molar-refractivity contribution in [2.24, 2.45) is 0 Å². The molecule has 0 bridgehead atoms. The fourth-order valence-corrected chi connectivity index (χ4v) is 12.2. The van der Waals surface area contributed by atoms with Crippen molar-refractivity contribution >= 4 is 70.1 Å². The molecule has 0 saturated carbocycles. The van der Waals surface area contributed by atoms with Gasteiger partial charge in [0.2, 0.25) is 0 Å². The third kappa shape index (κ3) is 5.71. The second-order valence-electron chi connectivity index (χ2n) is 17.1. The Hall–Kier alpha value is -8.04. The molecule has 1 aromatic heterocycles. The van der Waals surface area contributed by atoms with Crippen LogP contribution in [0.5, 0.6) is 0 Å². The second-order valence-corrected chi connectivity index (χ2v) is 18.2. The predicted octanol–water partition coefficient (Wildman–Crippen LogP) is 17.5. The number of benzene rings is 11. The van der Waals surface area contributed by atoms with Crippen LogP contribution in [0.15, 0.2) is 249 Å². The van der Waals surface area contributed by atoms with E-state index in [1.54, 1.807) is 0 Å². The van der Waals surface area contributed by atoms with E-state index in [4.69, 9.17) is 0 Å². The van der Waals surface area contributed by atoms with Gasteiger partial charge in [0.1, 0.15) is 0 Å². The first-order chi connectivity index (χ1) is 32.3. The van der Waals surface area contributed by atoms with Crippen molar-refractivity contribution in [3.8, 4) is 33.4 Å². The third-order valence-corrected chi connectivity index (χ3v) is 14.9. The Bertz CT molecular complexity index is 3730. The molecule has 0 atom stereocenters. The van der Waals surface area contributed by atoms with E-state index in [0.717, 1.165) is 17.1 Å². The van der Waals surface area contributed by atoms with Gasteiger partial charge in [-0.15, -0.1) is 11.3 Å². The molecule has 11 aromatic carbocycles. The van der Waals surface area contributed by atoms with Gasteiger partial charge in [0, 0.05) is 26.6 Å². The van der Waals surface area contributed by atoms with E-state index < -0.39 is 5.41 Å². The maximum Gasteiger partial charge on any atom is 0.0714 e. The molecule has 13 rings (SSSR count). The van der Waals surface area contributed by atoms with Gasteiger partial charge in [-0.25, -0.2) is 0 Å². The van der Waals surface area contributed by atoms with Crippen LogP contribution in [-0.2, 0) is 5.41 Å². The van der Waals surface area contributed by atoms with Gasteiger partial charge in [-0.1, -0.05) is 218 Å². The number of anilines is 3. The van der Waals surface area contributed by atoms with Crippen molar-refractivity contribution in [2.45, 2.75) is 5.41 Å². The van der Waals surface area contributed by atoms with Gasteiger partial charge in [-0.2, -0.15) is 0 Å². The van der Waals surface area contributed by atoms with Crippen molar-refractivity contribution in [1.29, 1.82) is 0 Å². The highest BCUT2D eigenvalue weighted by molar-refractivity contribution is 7.26. The standard InChI is InChI=1S/C63H41NS/c1-4-20-42(21-5-1)48-39-38-44(54-40-43-22-10-11-27-47(43)49-28-12-13-29-50(49)54)41-59(48)64(58-36-18-32-52-51-30-15-17-37-60(51)65-62(52)58)57-35-19-34-56-61(57)53-31-14-16-33-55(53)63(56,45-23-6-2-7-24-45)46-25-8-3-9-26-46/h1-41H. The van der Waals surface area contributed by atoms with E-state index in [0.29, 0.717) is 0 Å². The Morgan fingerprint density at radius 2 is 0.908 bits per heavy atom. The maximum atomic E-state index is 2.61. The lowest BCUT2D eigenvalue weighted by atomic mass is 9.68. The van der Waals surface area contributed by atoms with Crippen LogP contribution in [0.3, 0.4) is 0 Å². The smallest absolute Gasteiger partial charge is 0.0714 e. The van der Waals surface area contributed by atoms with E-state index in [1.807, 2.05) is 11.3 Å². The molecule has 0 unspecified atom stereocenters. The summed E-state index contributed by atoms with van der Waals surface area (Å²) in [5.41, 5.74) is 15.2. The minimum absolute atomic E-state index is 0.548. The molecular weight excluding hydrogens is 803 g/mol. The molecule has 0 spiro atoms. The minimum Gasteiger partial charge on any atom is -0.308 e. The summed E-state index contributed by atoms with van der Waals surface area (Å²) in [6.07, 6.45) is 0. The Labute approximate surface area is 382 Å². The van der Waals surface area contributed by atoms with Crippen molar-refractivity contribution in [1.82, 2.24) is 0 Å². The van der Waals surface area contributed by atoms with Crippen LogP contribution < -0.4 is 4.90 Å². The second kappa shape index (κ2) is 15.1. The molecular formula is C63H41NS. The van der Waals surface area contributed by atoms with Gasteiger partial charge >= 0.3 is 0 Å². The molecule has 1 aliphatic rings. The average Bonchev–Trinajstić information content (AvgIpc) is 3.92. The predicted molar refractivity (Wildman–Crippen MR) is 277 cm³/mol. The van der Waals surface area contributed by atoms with Crippen LogP contribution in [0.4, 0.5) is 17.1 Å². The van der Waals surface area contributed by atoms with Crippen LogP contribution in [-0.4, -0.2) is 0 Å². The number of hydrogen-bond donors (Lipinski definition) is 0. The van der Waals surface area contributed by atoms with Crippen LogP contribution in [0.25, 0.3) is 75.1 Å². The van der Waals surface area contributed by atoms with Crippen LogP contribution in [0.2, 0.25) is 0 Å². The number of hydrogen-bond acceptors (Lipinski definition) is 2. The molecule has 1 nitrogen and oxygen atoms in total. The number of fused-ring (bicyclic) bond motifs is 9. The summed E-state index contributed by atoms with van der Waals surface area (Å²) in [5.74, 6) is 0. The maximum absolute atomic E-state index is 2.61. The molecule has 304 valence electrons. The van der Waals surface area contributed by atoms with Crippen molar-refractivity contribution < 1.29 is 0 Å². The van der Waals surface area contributed by atoms with Gasteiger partial charge in [0.05, 0.1) is 27.2 Å². The molecule has 0 amide bonds. The summed E-state index contributed by atoms with van der Waals surface area (Å²) in [7, 11) is 0. The zero-order chi connectivity index (χ0) is 42.9. The topological polar surface area (TPSA) is 3.24 Å². The first kappa shape index (κ1) is 37.5. The monoisotopic (exact) mass is 843 g/mol.